The fourth-order valence-corrected chi connectivity index (χ4v) is 3.09. The normalized spacial score (nSPS) is 12.1. The predicted octanol–water partition coefficient (Wildman–Crippen LogP) is 1.24. The van der Waals surface area contributed by atoms with Crippen molar-refractivity contribution >= 4 is 40.7 Å². The number of nitrogens with zero attached hydrogens (tertiary/aromatic N) is 5. The van der Waals surface area contributed by atoms with Gasteiger partial charge in [-0.05, 0) is 6.42 Å². The Morgan fingerprint density at radius 2 is 2.24 bits per heavy atom. The molecule has 1 atom stereocenters. The van der Waals surface area contributed by atoms with Crippen molar-refractivity contribution in [3.8, 4) is 5.88 Å². The van der Waals surface area contributed by atoms with Crippen LogP contribution in [0.5, 0.6) is 5.88 Å². The number of amides is 1. The van der Waals surface area contributed by atoms with Gasteiger partial charge < -0.3 is 15.5 Å². The lowest BCUT2D eigenvalue weighted by Gasteiger charge is -2.14. The van der Waals surface area contributed by atoms with Crippen molar-refractivity contribution < 1.29 is 9.53 Å². The average molecular weight is 360 g/mol. The van der Waals surface area contributed by atoms with Gasteiger partial charge in [-0.15, -0.1) is 0 Å². The number of carbonyl (C=O) groups excluding carboxylic acids is 1. The maximum absolute atomic E-state index is 12.6. The van der Waals surface area contributed by atoms with Crippen LogP contribution in [-0.2, 0) is 4.79 Å². The van der Waals surface area contributed by atoms with Gasteiger partial charge in [0.05, 0.1) is 18.7 Å². The molecular formula is C14H16N8O2S. The van der Waals surface area contributed by atoms with Gasteiger partial charge in [-0.2, -0.15) is 9.97 Å². The van der Waals surface area contributed by atoms with Crippen LogP contribution < -0.4 is 15.8 Å². The third kappa shape index (κ3) is 3.76. The van der Waals surface area contributed by atoms with Gasteiger partial charge in [0, 0.05) is 12.3 Å². The second kappa shape index (κ2) is 7.30. The van der Waals surface area contributed by atoms with E-state index in [1.54, 1.807) is 6.07 Å². The van der Waals surface area contributed by atoms with E-state index < -0.39 is 5.25 Å². The first kappa shape index (κ1) is 16.9. The van der Waals surface area contributed by atoms with Crippen molar-refractivity contribution in [1.82, 2.24) is 29.9 Å². The number of hydrogen-bond donors (Lipinski definition) is 3. The Labute approximate surface area is 147 Å². The van der Waals surface area contributed by atoms with Crippen LogP contribution in [-0.4, -0.2) is 48.2 Å². The average Bonchev–Trinajstić information content (AvgIpc) is 3.07. The number of nitrogens with one attached hydrogen (secondary N) is 2. The summed E-state index contributed by atoms with van der Waals surface area (Å²) in [5, 5.41) is 2.82. The number of ether oxygens (including phenoxy) is 1. The van der Waals surface area contributed by atoms with Crippen molar-refractivity contribution in [2.75, 3.05) is 18.2 Å². The monoisotopic (exact) mass is 360 g/mol. The van der Waals surface area contributed by atoms with Crippen LogP contribution in [0.15, 0.2) is 23.6 Å². The molecule has 0 saturated carbocycles. The van der Waals surface area contributed by atoms with Crippen LogP contribution in [0.3, 0.4) is 0 Å². The Balaban J connectivity index is 1.79. The van der Waals surface area contributed by atoms with Crippen molar-refractivity contribution in [3.05, 3.63) is 18.6 Å². The number of nitrogens with two attached hydrogens (primary N) is 1. The first-order valence-electron chi connectivity index (χ1n) is 7.41. The first-order chi connectivity index (χ1) is 12.1. The largest absolute Gasteiger partial charge is 0.481 e. The van der Waals surface area contributed by atoms with Crippen LogP contribution in [0.25, 0.3) is 11.2 Å². The number of hydrogen-bond acceptors (Lipinski definition) is 9. The summed E-state index contributed by atoms with van der Waals surface area (Å²) in [6.45, 7) is 1.90. The van der Waals surface area contributed by atoms with Gasteiger partial charge in [-0.3, -0.25) is 10.1 Å². The molecule has 0 radical (unpaired) electrons. The van der Waals surface area contributed by atoms with E-state index in [0.717, 1.165) is 0 Å². The lowest BCUT2D eigenvalue weighted by molar-refractivity contribution is -0.115. The Morgan fingerprint density at radius 1 is 1.40 bits per heavy atom. The van der Waals surface area contributed by atoms with Gasteiger partial charge in [-0.25, -0.2) is 15.0 Å². The molecule has 0 saturated heterocycles. The van der Waals surface area contributed by atoms with E-state index in [4.69, 9.17) is 10.5 Å². The minimum Gasteiger partial charge on any atom is -0.481 e. The molecule has 3 aromatic heterocycles. The molecule has 0 aliphatic carbocycles. The van der Waals surface area contributed by atoms with Gasteiger partial charge in [0.25, 0.3) is 0 Å². The molecule has 10 nitrogen and oxygen atoms in total. The molecule has 0 bridgehead atoms. The van der Waals surface area contributed by atoms with Crippen LogP contribution >= 0.6 is 11.8 Å². The third-order valence-electron chi connectivity index (χ3n) is 3.26. The van der Waals surface area contributed by atoms with Crippen molar-refractivity contribution in [3.63, 3.8) is 0 Å². The molecule has 0 unspecified atom stereocenters. The zero-order valence-electron chi connectivity index (χ0n) is 13.6. The Morgan fingerprint density at radius 3 is 3.00 bits per heavy atom. The zero-order valence-corrected chi connectivity index (χ0v) is 14.4. The molecule has 3 rings (SSSR count). The van der Waals surface area contributed by atoms with Crippen LogP contribution in [0.1, 0.15) is 13.3 Å². The molecule has 0 spiro atoms. The Bertz CT molecular complexity index is 899. The number of aromatic nitrogens is 6. The molecule has 4 N–H and O–H groups in total. The van der Waals surface area contributed by atoms with E-state index in [-0.39, 0.29) is 17.8 Å². The van der Waals surface area contributed by atoms with Gasteiger partial charge in [0.15, 0.2) is 5.65 Å². The maximum Gasteiger partial charge on any atom is 0.240 e. The summed E-state index contributed by atoms with van der Waals surface area (Å²) in [6.07, 6.45) is 3.59. The minimum absolute atomic E-state index is 0.105. The summed E-state index contributed by atoms with van der Waals surface area (Å²) in [6, 6.07) is 1.60. The highest BCUT2D eigenvalue weighted by molar-refractivity contribution is 8.00. The van der Waals surface area contributed by atoms with Gasteiger partial charge in [-0.1, -0.05) is 18.7 Å². The first-order valence-corrected chi connectivity index (χ1v) is 8.29. The molecule has 0 fully saturated rings. The maximum atomic E-state index is 12.6. The molecule has 1 amide bonds. The fourth-order valence-electron chi connectivity index (χ4n) is 2.07. The van der Waals surface area contributed by atoms with E-state index >= 15 is 0 Å². The van der Waals surface area contributed by atoms with E-state index in [1.165, 1.54) is 31.4 Å². The van der Waals surface area contributed by atoms with Crippen molar-refractivity contribution in [1.29, 1.82) is 0 Å². The highest BCUT2D eigenvalue weighted by atomic mass is 32.2. The number of nitrogen functional groups attached to an aromatic ring is 1. The summed E-state index contributed by atoms with van der Waals surface area (Å²) in [4.78, 5) is 35.9. The van der Waals surface area contributed by atoms with Crippen LogP contribution in [0.4, 0.5) is 11.9 Å². The van der Waals surface area contributed by atoms with Crippen molar-refractivity contribution in [2.45, 2.75) is 23.6 Å². The number of rotatable bonds is 6. The van der Waals surface area contributed by atoms with E-state index in [1.807, 2.05) is 6.92 Å². The summed E-state index contributed by atoms with van der Waals surface area (Å²) in [7, 11) is 1.49. The number of thioether (sulfide) groups is 1. The van der Waals surface area contributed by atoms with E-state index in [2.05, 4.69) is 35.2 Å². The number of methoxy groups -OCH3 is 1. The second-order valence-corrected chi connectivity index (χ2v) is 6.11. The topological polar surface area (TPSA) is 145 Å². The number of aromatic amines is 1. The molecule has 3 aromatic rings. The number of imidazole rings is 1. The molecule has 130 valence electrons. The molecular weight excluding hydrogens is 344 g/mol. The quantitative estimate of drug-likeness (QED) is 0.436. The molecule has 25 heavy (non-hydrogen) atoms. The minimum atomic E-state index is -0.421. The molecule has 0 aliphatic heterocycles. The van der Waals surface area contributed by atoms with Gasteiger partial charge in [0.1, 0.15) is 10.5 Å². The van der Waals surface area contributed by atoms with Crippen molar-refractivity contribution in [2.24, 2.45) is 0 Å². The summed E-state index contributed by atoms with van der Waals surface area (Å²) < 4.78 is 5.02. The molecule has 0 aromatic carbocycles. The van der Waals surface area contributed by atoms with Gasteiger partial charge >= 0.3 is 0 Å². The molecule has 0 aliphatic rings. The summed E-state index contributed by atoms with van der Waals surface area (Å²) >= 11 is 1.27. The van der Waals surface area contributed by atoms with E-state index in [0.29, 0.717) is 28.5 Å². The highest BCUT2D eigenvalue weighted by Gasteiger charge is 2.22. The lowest BCUT2D eigenvalue weighted by atomic mass is 10.3. The Hall–Kier alpha value is -2.95. The number of H-pyrrole nitrogens is 1. The standard InChI is InChI=1S/C14H16N8O2S/c1-3-7(11(23)21-14-16-5-4-8(19-14)24-2)25-12-9-10(18-6-17-9)20-13(15)22-12/h4-7H,3H2,1-2H3,(H,16,19,21,23)(H3,15,17,18,20,22)/t7-/m0/s1. The third-order valence-corrected chi connectivity index (χ3v) is 4.61. The number of anilines is 2. The van der Waals surface area contributed by atoms with Crippen LogP contribution in [0, 0.1) is 0 Å². The summed E-state index contributed by atoms with van der Waals surface area (Å²) in [5.74, 6) is 0.408. The highest BCUT2D eigenvalue weighted by Crippen LogP contribution is 2.29. The smallest absolute Gasteiger partial charge is 0.240 e. The predicted molar refractivity (Wildman–Crippen MR) is 93.2 cm³/mol. The number of carbonyl (C=O) groups is 1. The fraction of sp³-hybridized carbons (Fsp3) is 0.286. The SMILES string of the molecule is CC[C@H](Sc1nc(N)nc2nc[nH]c12)C(=O)Nc1nccc(OC)n1. The van der Waals surface area contributed by atoms with Gasteiger partial charge in [0.2, 0.25) is 23.7 Å². The van der Waals surface area contributed by atoms with E-state index in [9.17, 15) is 4.79 Å². The zero-order chi connectivity index (χ0) is 17.8. The molecule has 11 heteroatoms. The Kier molecular flexibility index (Phi) is 4.93. The summed E-state index contributed by atoms with van der Waals surface area (Å²) in [5.41, 5.74) is 6.81. The van der Waals surface area contributed by atoms with Crippen LogP contribution in [0.2, 0.25) is 0 Å². The number of fused-ring (bicyclic) bond motifs is 1. The second-order valence-electron chi connectivity index (χ2n) is 4.91. The molecule has 3 heterocycles. The lowest BCUT2D eigenvalue weighted by Crippen LogP contribution is -2.25.